The number of benzene rings is 1. The first kappa shape index (κ1) is 18.4. The lowest BCUT2D eigenvalue weighted by atomic mass is 10.1. The third-order valence-corrected chi connectivity index (χ3v) is 7.72. The molecule has 1 N–H and O–H groups in total. The number of carbonyl (C=O) groups excluding carboxylic acids is 1. The Morgan fingerprint density at radius 3 is 2.58 bits per heavy atom. The van der Waals surface area contributed by atoms with Gasteiger partial charge in [-0.05, 0) is 60.7 Å². The molecule has 0 spiro atoms. The number of furan rings is 1. The first-order valence-corrected chi connectivity index (χ1v) is 10.5. The molecule has 7 heteroatoms. The lowest BCUT2D eigenvalue weighted by molar-refractivity contribution is 0.0953. The number of carbonyl (C=O) groups is 1. The van der Waals surface area contributed by atoms with Crippen LogP contribution in [-0.2, 0) is 9.84 Å². The highest BCUT2D eigenvalue weighted by Gasteiger charge is 2.32. The van der Waals surface area contributed by atoms with Crippen molar-refractivity contribution in [3.8, 4) is 0 Å². The first-order valence-electron chi connectivity index (χ1n) is 8.06. The number of rotatable bonds is 6. The van der Waals surface area contributed by atoms with E-state index in [2.05, 4.69) is 5.32 Å². The van der Waals surface area contributed by atoms with Gasteiger partial charge in [0, 0.05) is 12.1 Å². The number of nitrogens with one attached hydrogen (secondary N) is 1. The predicted molar refractivity (Wildman–Crippen MR) is 101 cm³/mol. The van der Waals surface area contributed by atoms with Crippen LogP contribution in [0.5, 0.6) is 0 Å². The van der Waals surface area contributed by atoms with Crippen LogP contribution in [0.3, 0.4) is 0 Å². The number of thiophene rings is 1. The zero-order valence-electron chi connectivity index (χ0n) is 14.4. The molecule has 0 aliphatic heterocycles. The fourth-order valence-corrected chi connectivity index (χ4v) is 5.36. The standard InChI is InChI=1S/C19H19NO4S2/c1-13-7-8-15(11-14(13)2)19(21)20-12-17(16-5-3-9-24-16)26(22,23)18-6-4-10-25-18/h3-11,17H,12H2,1-2H3,(H,20,21)/t17-/m0/s1. The summed E-state index contributed by atoms with van der Waals surface area (Å²) in [6.45, 7) is 3.83. The van der Waals surface area contributed by atoms with Crippen LogP contribution in [0.2, 0.25) is 0 Å². The van der Waals surface area contributed by atoms with Crippen molar-refractivity contribution in [3.05, 3.63) is 76.6 Å². The van der Waals surface area contributed by atoms with Crippen LogP contribution in [0.15, 0.2) is 62.7 Å². The van der Waals surface area contributed by atoms with Crippen LogP contribution in [0.25, 0.3) is 0 Å². The maximum atomic E-state index is 12.9. The normalized spacial score (nSPS) is 12.7. The molecule has 0 aliphatic carbocycles. The number of sulfone groups is 1. The largest absolute Gasteiger partial charge is 0.468 e. The minimum Gasteiger partial charge on any atom is -0.468 e. The van der Waals surface area contributed by atoms with Crippen molar-refractivity contribution in [2.45, 2.75) is 23.3 Å². The average Bonchev–Trinajstić information content (AvgIpc) is 3.30. The maximum Gasteiger partial charge on any atom is 0.251 e. The van der Waals surface area contributed by atoms with Gasteiger partial charge in [-0.2, -0.15) is 0 Å². The van der Waals surface area contributed by atoms with Gasteiger partial charge in [0.2, 0.25) is 0 Å². The Balaban J connectivity index is 1.83. The van der Waals surface area contributed by atoms with E-state index in [0.29, 0.717) is 11.3 Å². The van der Waals surface area contributed by atoms with Gasteiger partial charge in [0.05, 0.1) is 6.26 Å². The third kappa shape index (κ3) is 3.73. The van der Waals surface area contributed by atoms with Gasteiger partial charge in [0.25, 0.3) is 5.91 Å². The number of amides is 1. The first-order chi connectivity index (χ1) is 12.4. The molecule has 0 saturated carbocycles. The molecule has 3 rings (SSSR count). The fourth-order valence-electron chi connectivity index (χ4n) is 2.57. The minimum absolute atomic E-state index is 0.0699. The number of aryl methyl sites for hydroxylation is 2. The Morgan fingerprint density at radius 2 is 1.96 bits per heavy atom. The van der Waals surface area contributed by atoms with Gasteiger partial charge >= 0.3 is 0 Å². The highest BCUT2D eigenvalue weighted by atomic mass is 32.2. The van der Waals surface area contributed by atoms with E-state index in [4.69, 9.17) is 4.42 Å². The zero-order valence-corrected chi connectivity index (χ0v) is 16.1. The molecule has 0 bridgehead atoms. The van der Waals surface area contributed by atoms with Crippen molar-refractivity contribution >= 4 is 27.1 Å². The molecule has 2 heterocycles. The smallest absolute Gasteiger partial charge is 0.251 e. The molecule has 1 amide bonds. The van der Waals surface area contributed by atoms with E-state index in [-0.39, 0.29) is 16.7 Å². The van der Waals surface area contributed by atoms with Crippen LogP contribution in [0, 0.1) is 13.8 Å². The second-order valence-electron chi connectivity index (χ2n) is 5.99. The summed E-state index contributed by atoms with van der Waals surface area (Å²) in [6.07, 6.45) is 1.43. The Labute approximate surface area is 156 Å². The summed E-state index contributed by atoms with van der Waals surface area (Å²) in [7, 11) is -3.66. The van der Waals surface area contributed by atoms with Gasteiger partial charge < -0.3 is 9.73 Å². The quantitative estimate of drug-likeness (QED) is 0.694. The summed E-state index contributed by atoms with van der Waals surface area (Å²) in [5, 5.41) is 3.46. The van der Waals surface area contributed by atoms with Gasteiger partial charge in [-0.1, -0.05) is 12.1 Å². The van der Waals surface area contributed by atoms with Crippen molar-refractivity contribution < 1.29 is 17.6 Å². The molecular weight excluding hydrogens is 370 g/mol. The van der Waals surface area contributed by atoms with Crippen molar-refractivity contribution in [1.82, 2.24) is 5.32 Å². The molecule has 2 aromatic heterocycles. The summed E-state index contributed by atoms with van der Waals surface area (Å²) < 4.78 is 31.5. The van der Waals surface area contributed by atoms with E-state index >= 15 is 0 Å². The summed E-state index contributed by atoms with van der Waals surface area (Å²) in [5.74, 6) is -0.00942. The molecule has 136 valence electrons. The molecule has 0 radical (unpaired) electrons. The highest BCUT2D eigenvalue weighted by molar-refractivity contribution is 7.93. The molecule has 0 aliphatic rings. The van der Waals surface area contributed by atoms with Crippen LogP contribution in [0.1, 0.15) is 32.5 Å². The molecule has 0 unspecified atom stereocenters. The summed E-state index contributed by atoms with van der Waals surface area (Å²) in [4.78, 5) is 12.5. The predicted octanol–water partition coefficient (Wildman–Crippen LogP) is 3.90. The van der Waals surface area contributed by atoms with Crippen LogP contribution in [-0.4, -0.2) is 20.9 Å². The van der Waals surface area contributed by atoms with Crippen LogP contribution in [0.4, 0.5) is 0 Å². The average molecular weight is 389 g/mol. The molecule has 26 heavy (non-hydrogen) atoms. The fraction of sp³-hybridized carbons (Fsp3) is 0.211. The van der Waals surface area contributed by atoms with E-state index in [1.807, 2.05) is 19.9 Å². The number of hydrogen-bond donors (Lipinski definition) is 1. The Morgan fingerprint density at radius 1 is 1.15 bits per heavy atom. The van der Waals surface area contributed by atoms with Gasteiger partial charge in [0.1, 0.15) is 15.2 Å². The van der Waals surface area contributed by atoms with Gasteiger partial charge in [-0.15, -0.1) is 11.3 Å². The topological polar surface area (TPSA) is 76.4 Å². The molecule has 1 atom stereocenters. The molecule has 0 saturated heterocycles. The molecule has 1 aromatic carbocycles. The molecular formula is C19H19NO4S2. The van der Waals surface area contributed by atoms with Crippen molar-refractivity contribution in [3.63, 3.8) is 0 Å². The molecule has 0 fully saturated rings. The van der Waals surface area contributed by atoms with Crippen LogP contribution < -0.4 is 5.32 Å². The third-order valence-electron chi connectivity index (χ3n) is 4.23. The monoisotopic (exact) mass is 389 g/mol. The van der Waals surface area contributed by atoms with Gasteiger partial charge in [-0.25, -0.2) is 8.42 Å². The Bertz CT molecular complexity index is 990. The minimum atomic E-state index is -3.66. The van der Waals surface area contributed by atoms with E-state index in [0.717, 1.165) is 22.5 Å². The van der Waals surface area contributed by atoms with Crippen molar-refractivity contribution in [1.29, 1.82) is 0 Å². The van der Waals surface area contributed by atoms with E-state index < -0.39 is 15.1 Å². The molecule has 3 aromatic rings. The van der Waals surface area contributed by atoms with Crippen molar-refractivity contribution in [2.24, 2.45) is 0 Å². The summed E-state index contributed by atoms with van der Waals surface area (Å²) >= 11 is 1.15. The van der Waals surface area contributed by atoms with Crippen molar-refractivity contribution in [2.75, 3.05) is 6.54 Å². The second-order valence-corrected chi connectivity index (χ2v) is 9.30. The van der Waals surface area contributed by atoms with E-state index in [1.165, 1.54) is 6.26 Å². The van der Waals surface area contributed by atoms with Crippen LogP contribution >= 0.6 is 11.3 Å². The Kier molecular flexibility index (Phi) is 5.29. The summed E-state index contributed by atoms with van der Waals surface area (Å²) in [6, 6.07) is 11.9. The Hall–Kier alpha value is -2.38. The molecule has 5 nitrogen and oxygen atoms in total. The lowest BCUT2D eigenvalue weighted by Gasteiger charge is -2.16. The van der Waals surface area contributed by atoms with Gasteiger partial charge in [-0.3, -0.25) is 4.79 Å². The van der Waals surface area contributed by atoms with E-state index in [1.54, 1.807) is 41.8 Å². The van der Waals surface area contributed by atoms with E-state index in [9.17, 15) is 13.2 Å². The zero-order chi connectivity index (χ0) is 18.7. The SMILES string of the molecule is Cc1ccc(C(=O)NC[C@@H](c2ccco2)S(=O)(=O)c2cccs2)cc1C. The lowest BCUT2D eigenvalue weighted by Crippen LogP contribution is -2.31. The second kappa shape index (κ2) is 7.47. The summed E-state index contributed by atoms with van der Waals surface area (Å²) in [5.41, 5.74) is 2.60. The highest BCUT2D eigenvalue weighted by Crippen LogP contribution is 2.31. The van der Waals surface area contributed by atoms with Gasteiger partial charge in [0.15, 0.2) is 9.84 Å². The maximum absolute atomic E-state index is 12.9. The number of hydrogen-bond acceptors (Lipinski definition) is 5.